The first kappa shape index (κ1) is 16.3. The lowest BCUT2D eigenvalue weighted by Gasteiger charge is -2.27. The van der Waals surface area contributed by atoms with Crippen LogP contribution in [0.15, 0.2) is 36.7 Å². The van der Waals surface area contributed by atoms with E-state index in [1.165, 1.54) is 22.8 Å². The van der Waals surface area contributed by atoms with Crippen molar-refractivity contribution in [3.05, 3.63) is 53.6 Å². The molecule has 2 aromatic heterocycles. The molecule has 1 aromatic carbocycles. The van der Waals surface area contributed by atoms with Gasteiger partial charge in [-0.1, -0.05) is 0 Å². The van der Waals surface area contributed by atoms with E-state index >= 15 is 0 Å². The van der Waals surface area contributed by atoms with Crippen molar-refractivity contribution in [2.75, 3.05) is 25.2 Å². The molecule has 1 unspecified atom stereocenters. The third-order valence-electron chi connectivity index (χ3n) is 4.51. The number of anilines is 1. The van der Waals surface area contributed by atoms with Crippen LogP contribution in [0.5, 0.6) is 5.75 Å². The number of hydrogen-bond acceptors (Lipinski definition) is 6. The van der Waals surface area contributed by atoms with Gasteiger partial charge in [0.05, 0.1) is 12.2 Å². The molecule has 0 saturated heterocycles. The van der Waals surface area contributed by atoms with Gasteiger partial charge in [0.2, 0.25) is 0 Å². The molecule has 3 aromatic rings. The minimum atomic E-state index is -0.512. The van der Waals surface area contributed by atoms with Gasteiger partial charge in [0.1, 0.15) is 36.2 Å². The number of rotatable bonds is 0. The predicted octanol–water partition coefficient (Wildman–Crippen LogP) is 2.62. The van der Waals surface area contributed by atoms with E-state index in [-0.39, 0.29) is 30.6 Å². The number of fused-ring (bicyclic) bond motifs is 2. The maximum atomic E-state index is 13.8. The first-order valence-electron chi connectivity index (χ1n) is 8.21. The molecule has 4 rings (SSSR count). The fourth-order valence-electron chi connectivity index (χ4n) is 2.95. The van der Waals surface area contributed by atoms with Gasteiger partial charge in [-0.3, -0.25) is 0 Å². The maximum Gasteiger partial charge on any atom is 0.343 e. The Kier molecular flexibility index (Phi) is 3.95. The van der Waals surface area contributed by atoms with Gasteiger partial charge >= 0.3 is 5.97 Å². The van der Waals surface area contributed by atoms with Crippen LogP contribution in [0.2, 0.25) is 0 Å². The van der Waals surface area contributed by atoms with Crippen LogP contribution in [0.4, 0.5) is 10.2 Å². The molecule has 0 amide bonds. The standard InChI is InChI=1S/C18H17FN4O3/c1-11-13-9-12(19)3-4-15(13)25-7-8-26-18(24)14-10-20-23-6-5-16(22(11)2)21-17(14)23/h3-6,9-11H,7-8H2,1-2H3. The SMILES string of the molecule is CC1c2cc(F)ccc2OCCOC(=O)c2cnn3ccc(nc23)N1C. The number of aromatic nitrogens is 3. The predicted molar refractivity (Wildman–Crippen MR) is 92.0 cm³/mol. The van der Waals surface area contributed by atoms with Crippen LogP contribution in [0.1, 0.15) is 28.9 Å². The highest BCUT2D eigenvalue weighted by molar-refractivity contribution is 5.95. The molecular formula is C18H17FN4O3. The third-order valence-corrected chi connectivity index (χ3v) is 4.51. The van der Waals surface area contributed by atoms with Crippen LogP contribution >= 0.6 is 0 Å². The van der Waals surface area contributed by atoms with E-state index in [0.29, 0.717) is 22.8 Å². The molecule has 3 heterocycles. The van der Waals surface area contributed by atoms with Crippen LogP contribution in [0.3, 0.4) is 0 Å². The number of halogens is 1. The molecule has 0 N–H and O–H groups in total. The molecule has 2 bridgehead atoms. The Hall–Kier alpha value is -3.16. The molecule has 0 aliphatic carbocycles. The molecule has 0 radical (unpaired) electrons. The van der Waals surface area contributed by atoms with Gasteiger partial charge in [-0.15, -0.1) is 0 Å². The van der Waals surface area contributed by atoms with Crippen molar-refractivity contribution in [1.29, 1.82) is 0 Å². The highest BCUT2D eigenvalue weighted by atomic mass is 19.1. The molecule has 8 heteroatoms. The summed E-state index contributed by atoms with van der Waals surface area (Å²) in [6.45, 7) is 2.17. The summed E-state index contributed by atoms with van der Waals surface area (Å²) >= 11 is 0. The minimum Gasteiger partial charge on any atom is -0.490 e. The van der Waals surface area contributed by atoms with E-state index in [2.05, 4.69) is 10.1 Å². The summed E-state index contributed by atoms with van der Waals surface area (Å²) in [5.74, 6) is 0.312. The Balaban J connectivity index is 1.85. The number of nitrogens with zero attached hydrogens (tertiary/aromatic N) is 4. The van der Waals surface area contributed by atoms with E-state index in [1.807, 2.05) is 18.9 Å². The Bertz CT molecular complexity index is 988. The van der Waals surface area contributed by atoms with Crippen LogP contribution in [-0.2, 0) is 4.74 Å². The second kappa shape index (κ2) is 6.29. The maximum absolute atomic E-state index is 13.8. The quantitative estimate of drug-likeness (QED) is 0.577. The van der Waals surface area contributed by atoms with Crippen LogP contribution in [0, 0.1) is 5.82 Å². The zero-order valence-electron chi connectivity index (χ0n) is 14.3. The lowest BCUT2D eigenvalue weighted by molar-refractivity contribution is 0.0452. The Labute approximate surface area is 149 Å². The largest absolute Gasteiger partial charge is 0.490 e. The molecule has 0 spiro atoms. The number of hydrogen-bond donors (Lipinski definition) is 0. The second-order valence-corrected chi connectivity index (χ2v) is 6.07. The lowest BCUT2D eigenvalue weighted by atomic mass is 10.1. The molecule has 1 aliphatic heterocycles. The smallest absolute Gasteiger partial charge is 0.343 e. The first-order chi connectivity index (χ1) is 12.5. The van der Waals surface area contributed by atoms with Gasteiger partial charge in [0.25, 0.3) is 0 Å². The van der Waals surface area contributed by atoms with Crippen LogP contribution in [0.25, 0.3) is 5.65 Å². The average molecular weight is 356 g/mol. The summed E-state index contributed by atoms with van der Waals surface area (Å²) < 4.78 is 26.3. The normalized spacial score (nSPS) is 17.7. The van der Waals surface area contributed by atoms with E-state index in [9.17, 15) is 9.18 Å². The topological polar surface area (TPSA) is 69.0 Å². The zero-order chi connectivity index (χ0) is 18.3. The van der Waals surface area contributed by atoms with E-state index < -0.39 is 5.97 Å². The lowest BCUT2D eigenvalue weighted by Crippen LogP contribution is -2.23. The van der Waals surface area contributed by atoms with Crippen molar-refractivity contribution in [2.45, 2.75) is 13.0 Å². The van der Waals surface area contributed by atoms with Gasteiger partial charge in [-0.2, -0.15) is 5.10 Å². The second-order valence-electron chi connectivity index (χ2n) is 6.07. The van der Waals surface area contributed by atoms with Crippen molar-refractivity contribution >= 4 is 17.4 Å². The van der Waals surface area contributed by atoms with Crippen molar-refractivity contribution in [3.63, 3.8) is 0 Å². The number of carbonyl (C=O) groups is 1. The first-order valence-corrected chi connectivity index (χ1v) is 8.21. The summed E-state index contributed by atoms with van der Waals surface area (Å²) in [5, 5.41) is 4.13. The highest BCUT2D eigenvalue weighted by Gasteiger charge is 2.22. The fraction of sp³-hybridized carbons (Fsp3) is 0.278. The zero-order valence-corrected chi connectivity index (χ0v) is 14.3. The number of esters is 1. The van der Waals surface area contributed by atoms with Gasteiger partial charge < -0.3 is 14.4 Å². The van der Waals surface area contributed by atoms with Crippen molar-refractivity contribution in [2.24, 2.45) is 0 Å². The molecule has 0 saturated carbocycles. The number of cyclic esters (lactones) is 1. The van der Waals surface area contributed by atoms with Gasteiger partial charge in [-0.25, -0.2) is 18.7 Å². The van der Waals surface area contributed by atoms with Gasteiger partial charge in [0.15, 0.2) is 5.65 Å². The highest BCUT2D eigenvalue weighted by Crippen LogP contribution is 2.32. The molecular weight excluding hydrogens is 339 g/mol. The summed E-state index contributed by atoms with van der Waals surface area (Å²) in [6, 6.07) is 5.95. The molecule has 1 aliphatic rings. The molecule has 134 valence electrons. The summed E-state index contributed by atoms with van der Waals surface area (Å²) in [4.78, 5) is 18.7. The Morgan fingerprint density at radius 1 is 1.23 bits per heavy atom. The van der Waals surface area contributed by atoms with Gasteiger partial charge in [-0.05, 0) is 31.2 Å². The van der Waals surface area contributed by atoms with Crippen molar-refractivity contribution in [3.8, 4) is 5.75 Å². The van der Waals surface area contributed by atoms with Gasteiger partial charge in [0, 0.05) is 18.8 Å². The van der Waals surface area contributed by atoms with Crippen molar-refractivity contribution < 1.29 is 18.7 Å². The molecule has 7 nitrogen and oxygen atoms in total. The van der Waals surface area contributed by atoms with Crippen LogP contribution < -0.4 is 9.64 Å². The van der Waals surface area contributed by atoms with Crippen LogP contribution in [-0.4, -0.2) is 40.8 Å². The van der Waals surface area contributed by atoms with E-state index in [0.717, 1.165) is 0 Å². The Morgan fingerprint density at radius 2 is 2.04 bits per heavy atom. The molecule has 1 atom stereocenters. The number of ether oxygens (including phenoxy) is 2. The monoisotopic (exact) mass is 356 g/mol. The number of carbonyl (C=O) groups excluding carboxylic acids is 1. The molecule has 0 fully saturated rings. The Morgan fingerprint density at radius 3 is 2.88 bits per heavy atom. The van der Waals surface area contributed by atoms with E-state index in [4.69, 9.17) is 9.47 Å². The van der Waals surface area contributed by atoms with Crippen molar-refractivity contribution in [1.82, 2.24) is 14.6 Å². The summed E-state index contributed by atoms with van der Waals surface area (Å²) in [7, 11) is 1.85. The van der Waals surface area contributed by atoms with E-state index in [1.54, 1.807) is 18.3 Å². The summed E-state index contributed by atoms with van der Waals surface area (Å²) in [5.41, 5.74) is 1.38. The third kappa shape index (κ3) is 2.73. The average Bonchev–Trinajstić information content (AvgIpc) is 3.07. The number of benzene rings is 1. The molecule has 26 heavy (non-hydrogen) atoms. The minimum absolute atomic E-state index is 0.0664. The fourth-order valence-corrected chi connectivity index (χ4v) is 2.95. The summed E-state index contributed by atoms with van der Waals surface area (Å²) in [6.07, 6.45) is 3.16.